The second-order valence-electron chi connectivity index (χ2n) is 9.75. The van der Waals surface area contributed by atoms with Crippen LogP contribution in [0, 0.1) is 34.6 Å². The molecule has 0 saturated heterocycles. The van der Waals surface area contributed by atoms with E-state index in [9.17, 15) is 9.59 Å². The number of aryl methyl sites for hydroxylation is 5. The van der Waals surface area contributed by atoms with Crippen molar-refractivity contribution >= 4 is 19.0 Å². The predicted octanol–water partition coefficient (Wildman–Crippen LogP) is 7.79. The van der Waals surface area contributed by atoms with Gasteiger partial charge in [0.25, 0.3) is 0 Å². The summed E-state index contributed by atoms with van der Waals surface area (Å²) in [6.07, 6.45) is 0.811. The number of benzene rings is 2. The van der Waals surface area contributed by atoms with E-state index in [4.69, 9.17) is 0 Å². The van der Waals surface area contributed by atoms with Crippen LogP contribution < -0.4 is 0 Å². The second kappa shape index (κ2) is 9.15. The molecule has 0 spiro atoms. The van der Waals surface area contributed by atoms with Gasteiger partial charge in [-0.25, -0.2) is 0 Å². The molecule has 2 atom stereocenters. The summed E-state index contributed by atoms with van der Waals surface area (Å²) in [5.74, 6) is 0. The van der Waals surface area contributed by atoms with Gasteiger partial charge in [-0.1, -0.05) is 64.4 Å². The number of carbonyl (C=O) groups is 2. The third kappa shape index (κ3) is 4.92. The summed E-state index contributed by atoms with van der Waals surface area (Å²) in [7, 11) is -1.49. The lowest BCUT2D eigenvalue weighted by Crippen LogP contribution is -2.19. The Labute approximate surface area is 184 Å². The van der Waals surface area contributed by atoms with Gasteiger partial charge in [0.05, 0.1) is 0 Å². The zero-order valence-electron chi connectivity index (χ0n) is 20.4. The maximum atomic E-state index is 13.9. The van der Waals surface area contributed by atoms with Crippen molar-refractivity contribution in [2.75, 3.05) is 0 Å². The van der Waals surface area contributed by atoms with Gasteiger partial charge < -0.3 is 0 Å². The van der Waals surface area contributed by atoms with Crippen LogP contribution in [0.5, 0.6) is 0 Å². The summed E-state index contributed by atoms with van der Waals surface area (Å²) < 4.78 is 0. The van der Waals surface area contributed by atoms with E-state index in [0.717, 1.165) is 45.4 Å². The Balaban J connectivity index is 2.62. The maximum absolute atomic E-state index is 13.9. The first-order valence-corrected chi connectivity index (χ1v) is 12.3. The summed E-state index contributed by atoms with van der Waals surface area (Å²) in [5, 5.41) is 0. The van der Waals surface area contributed by atoms with E-state index in [2.05, 4.69) is 46.8 Å². The zero-order valence-corrected chi connectivity index (χ0v) is 21.3. The molecule has 0 amide bonds. The molecule has 2 aromatic carbocycles. The van der Waals surface area contributed by atoms with Crippen LogP contribution in [0.3, 0.4) is 0 Å². The van der Waals surface area contributed by atoms with E-state index in [-0.39, 0.29) is 22.1 Å². The van der Waals surface area contributed by atoms with E-state index in [0.29, 0.717) is 0 Å². The standard InChI is InChI=1S/C27H37O2P/c1-11-21(7)30(25(28)23-17(3)12-16(2)13-18(23)4)26(29)24-19(5)14-22(15-20(24)6)27(8,9)10/h12-15,21H,11H2,1-10H3. The molecule has 0 aliphatic carbocycles. The molecule has 0 bridgehead atoms. The highest BCUT2D eigenvalue weighted by Crippen LogP contribution is 2.51. The summed E-state index contributed by atoms with van der Waals surface area (Å²) in [6.45, 7) is 20.7. The Morgan fingerprint density at radius 3 is 1.50 bits per heavy atom. The molecule has 2 rings (SSSR count). The second-order valence-corrected chi connectivity index (χ2v) is 12.2. The Morgan fingerprint density at radius 1 is 0.800 bits per heavy atom. The average molecular weight is 425 g/mol. The third-order valence-electron chi connectivity index (χ3n) is 5.97. The minimum atomic E-state index is -1.49. The first kappa shape index (κ1) is 24.5. The molecule has 0 radical (unpaired) electrons. The van der Waals surface area contributed by atoms with Crippen LogP contribution in [0.4, 0.5) is 0 Å². The number of carbonyl (C=O) groups excluding carboxylic acids is 2. The number of hydrogen-bond donors (Lipinski definition) is 0. The molecule has 2 aromatic rings. The van der Waals surface area contributed by atoms with Crippen LogP contribution in [0.15, 0.2) is 24.3 Å². The summed E-state index contributed by atoms with van der Waals surface area (Å²) in [6, 6.07) is 8.33. The lowest BCUT2D eigenvalue weighted by Gasteiger charge is -2.26. The Hall–Kier alpha value is -1.79. The first-order valence-electron chi connectivity index (χ1n) is 10.9. The van der Waals surface area contributed by atoms with E-state index in [1.165, 1.54) is 5.56 Å². The SMILES string of the molecule is CCC(C)P(C(=O)c1c(C)cc(C)cc1C)C(=O)c1c(C)cc(C(C)(C)C)cc1C. The molecule has 30 heavy (non-hydrogen) atoms. The molecule has 2 nitrogen and oxygen atoms in total. The zero-order chi connectivity index (χ0) is 23.0. The molecule has 0 N–H and O–H groups in total. The van der Waals surface area contributed by atoms with E-state index >= 15 is 0 Å². The minimum absolute atomic E-state index is 0.0183. The first-order chi connectivity index (χ1) is 13.8. The maximum Gasteiger partial charge on any atom is 0.192 e. The van der Waals surface area contributed by atoms with Crippen molar-refractivity contribution in [1.82, 2.24) is 0 Å². The highest BCUT2D eigenvalue weighted by atomic mass is 31.1. The van der Waals surface area contributed by atoms with Gasteiger partial charge in [0.15, 0.2) is 11.0 Å². The van der Waals surface area contributed by atoms with Crippen LogP contribution in [0.1, 0.15) is 95.1 Å². The molecule has 0 heterocycles. The van der Waals surface area contributed by atoms with Gasteiger partial charge in [0.2, 0.25) is 0 Å². The summed E-state index contributed by atoms with van der Waals surface area (Å²) >= 11 is 0. The minimum Gasteiger partial charge on any atom is -0.289 e. The molecule has 162 valence electrons. The molecule has 0 aliphatic rings. The fourth-order valence-corrected chi connectivity index (χ4v) is 6.70. The highest BCUT2D eigenvalue weighted by Gasteiger charge is 2.35. The smallest absolute Gasteiger partial charge is 0.192 e. The van der Waals surface area contributed by atoms with Gasteiger partial charge in [0, 0.05) is 19.0 Å². The Morgan fingerprint density at radius 2 is 1.17 bits per heavy atom. The van der Waals surface area contributed by atoms with E-state index in [1.54, 1.807) is 0 Å². The lowest BCUT2D eigenvalue weighted by atomic mass is 9.84. The fraction of sp³-hybridized carbons (Fsp3) is 0.481. The van der Waals surface area contributed by atoms with E-state index in [1.807, 2.05) is 46.8 Å². The average Bonchev–Trinajstić information content (AvgIpc) is 2.59. The number of hydrogen-bond acceptors (Lipinski definition) is 2. The molecular weight excluding hydrogens is 387 g/mol. The van der Waals surface area contributed by atoms with Gasteiger partial charge in [-0.2, -0.15) is 0 Å². The van der Waals surface area contributed by atoms with Crippen molar-refractivity contribution in [3.63, 3.8) is 0 Å². The predicted molar refractivity (Wildman–Crippen MR) is 131 cm³/mol. The van der Waals surface area contributed by atoms with Crippen LogP contribution >= 0.6 is 7.92 Å². The van der Waals surface area contributed by atoms with Crippen molar-refractivity contribution in [1.29, 1.82) is 0 Å². The van der Waals surface area contributed by atoms with Crippen LogP contribution in [0.2, 0.25) is 0 Å². The van der Waals surface area contributed by atoms with Crippen molar-refractivity contribution in [3.05, 3.63) is 68.8 Å². The quantitative estimate of drug-likeness (QED) is 0.444. The van der Waals surface area contributed by atoms with Gasteiger partial charge in [0.1, 0.15) is 0 Å². The molecular formula is C27H37O2P. The molecule has 3 heteroatoms. The fourth-order valence-electron chi connectivity index (χ4n) is 4.17. The van der Waals surface area contributed by atoms with Crippen molar-refractivity contribution < 1.29 is 9.59 Å². The van der Waals surface area contributed by atoms with Crippen LogP contribution in [-0.2, 0) is 5.41 Å². The highest BCUT2D eigenvalue weighted by molar-refractivity contribution is 7.90. The largest absolute Gasteiger partial charge is 0.289 e. The lowest BCUT2D eigenvalue weighted by molar-refractivity contribution is 0.104. The van der Waals surface area contributed by atoms with Crippen LogP contribution in [-0.4, -0.2) is 16.7 Å². The van der Waals surface area contributed by atoms with Gasteiger partial charge >= 0.3 is 0 Å². The van der Waals surface area contributed by atoms with Gasteiger partial charge in [-0.3, -0.25) is 9.59 Å². The normalized spacial score (nSPS) is 13.8. The van der Waals surface area contributed by atoms with Crippen LogP contribution in [0.25, 0.3) is 0 Å². The summed E-state index contributed by atoms with van der Waals surface area (Å²) in [4.78, 5) is 27.6. The Bertz CT molecular complexity index is 933. The third-order valence-corrected chi connectivity index (χ3v) is 8.54. The molecule has 0 fully saturated rings. The van der Waals surface area contributed by atoms with E-state index < -0.39 is 7.92 Å². The van der Waals surface area contributed by atoms with Gasteiger partial charge in [-0.15, -0.1) is 0 Å². The molecule has 2 unspecified atom stereocenters. The monoisotopic (exact) mass is 424 g/mol. The molecule has 0 aliphatic heterocycles. The van der Waals surface area contributed by atoms with Gasteiger partial charge in [-0.05, 0) is 79.9 Å². The number of rotatable bonds is 6. The Kier molecular flexibility index (Phi) is 7.46. The molecule has 0 aromatic heterocycles. The van der Waals surface area contributed by atoms with Crippen molar-refractivity contribution in [2.24, 2.45) is 0 Å². The summed E-state index contributed by atoms with van der Waals surface area (Å²) in [5.41, 5.74) is 7.85. The van der Waals surface area contributed by atoms with Crippen molar-refractivity contribution in [3.8, 4) is 0 Å². The van der Waals surface area contributed by atoms with Crippen molar-refractivity contribution in [2.45, 2.75) is 86.7 Å². The topological polar surface area (TPSA) is 34.1 Å². The molecule has 0 saturated carbocycles.